The van der Waals surface area contributed by atoms with E-state index in [9.17, 15) is 9.59 Å². The Morgan fingerprint density at radius 2 is 1.94 bits per heavy atom. The molecule has 1 aliphatic carbocycles. The smallest absolute Gasteiger partial charge is 0.240 e. The summed E-state index contributed by atoms with van der Waals surface area (Å²) in [7, 11) is 0. The summed E-state index contributed by atoms with van der Waals surface area (Å²) in [6, 6.07) is -0.766. The van der Waals surface area contributed by atoms with E-state index >= 15 is 0 Å². The average molecular weight is 435 g/mol. The number of carbonyl (C=O) groups is 2. The van der Waals surface area contributed by atoms with Gasteiger partial charge in [0.05, 0.1) is 5.56 Å². The van der Waals surface area contributed by atoms with E-state index in [4.69, 9.17) is 10.7 Å². The SMILES string of the molecule is CCn1c(-c2cnc(C)nc2)nc2c(NC3C[C@H](C(N)=O)N(C(=O)C4CC4)C3)ncnc21. The highest BCUT2D eigenvalue weighted by atomic mass is 16.2. The van der Waals surface area contributed by atoms with Crippen LogP contribution in [0.15, 0.2) is 18.7 Å². The molecule has 1 aliphatic heterocycles. The van der Waals surface area contributed by atoms with Gasteiger partial charge in [-0.1, -0.05) is 0 Å². The van der Waals surface area contributed by atoms with Gasteiger partial charge in [-0.15, -0.1) is 0 Å². The minimum absolute atomic E-state index is 0.0165. The predicted octanol–water partition coefficient (Wildman–Crippen LogP) is 0.888. The van der Waals surface area contributed by atoms with Crippen molar-refractivity contribution in [2.45, 2.75) is 51.7 Å². The molecule has 1 saturated heterocycles. The molecule has 4 heterocycles. The summed E-state index contributed by atoms with van der Waals surface area (Å²) in [6.07, 6.45) is 7.17. The number of fused-ring (bicyclic) bond motifs is 1. The van der Waals surface area contributed by atoms with Crippen LogP contribution in [0, 0.1) is 12.8 Å². The zero-order valence-corrected chi connectivity index (χ0v) is 18.0. The zero-order valence-electron chi connectivity index (χ0n) is 18.0. The number of aromatic nitrogens is 6. The lowest BCUT2D eigenvalue weighted by atomic mass is 10.1. The molecule has 166 valence electrons. The van der Waals surface area contributed by atoms with E-state index in [1.54, 1.807) is 17.3 Å². The number of amides is 2. The number of hydrogen-bond donors (Lipinski definition) is 2. The molecule has 2 aliphatic rings. The van der Waals surface area contributed by atoms with Gasteiger partial charge in [-0.25, -0.2) is 24.9 Å². The van der Waals surface area contributed by atoms with Crippen LogP contribution >= 0.6 is 0 Å². The van der Waals surface area contributed by atoms with E-state index in [1.165, 1.54) is 6.33 Å². The molecular weight excluding hydrogens is 410 g/mol. The van der Waals surface area contributed by atoms with E-state index in [0.717, 1.165) is 18.4 Å². The van der Waals surface area contributed by atoms with E-state index < -0.39 is 11.9 Å². The molecule has 5 rings (SSSR count). The van der Waals surface area contributed by atoms with Crippen molar-refractivity contribution in [3.05, 3.63) is 24.5 Å². The first-order valence-electron chi connectivity index (χ1n) is 10.8. The molecule has 3 N–H and O–H groups in total. The van der Waals surface area contributed by atoms with Gasteiger partial charge in [0.15, 0.2) is 17.0 Å². The number of nitrogens with zero attached hydrogens (tertiary/aromatic N) is 7. The maximum Gasteiger partial charge on any atom is 0.240 e. The summed E-state index contributed by atoms with van der Waals surface area (Å²) in [5, 5.41) is 3.38. The Bertz CT molecular complexity index is 1190. The molecule has 1 unspecified atom stereocenters. The fraction of sp³-hybridized carbons (Fsp3) is 0.476. The molecule has 3 aromatic heterocycles. The van der Waals surface area contributed by atoms with Gasteiger partial charge < -0.3 is 20.5 Å². The largest absolute Gasteiger partial charge is 0.368 e. The number of hydrogen-bond acceptors (Lipinski definition) is 8. The van der Waals surface area contributed by atoms with Crippen molar-refractivity contribution >= 4 is 28.8 Å². The number of carbonyl (C=O) groups excluding carboxylic acids is 2. The van der Waals surface area contributed by atoms with E-state index in [2.05, 4.69) is 25.3 Å². The average Bonchev–Trinajstić information content (AvgIpc) is 3.43. The minimum Gasteiger partial charge on any atom is -0.368 e. The minimum atomic E-state index is -0.605. The molecule has 0 bridgehead atoms. The molecule has 0 spiro atoms. The van der Waals surface area contributed by atoms with Crippen LogP contribution in [0.25, 0.3) is 22.6 Å². The maximum absolute atomic E-state index is 12.6. The number of anilines is 1. The molecule has 0 aromatic carbocycles. The maximum atomic E-state index is 12.6. The van der Waals surface area contributed by atoms with Gasteiger partial charge in [0, 0.05) is 37.4 Å². The van der Waals surface area contributed by atoms with Crippen molar-refractivity contribution in [1.29, 1.82) is 0 Å². The number of likely N-dealkylation sites (tertiary alicyclic amines) is 1. The van der Waals surface area contributed by atoms with Crippen LogP contribution in [0.2, 0.25) is 0 Å². The molecule has 32 heavy (non-hydrogen) atoms. The Balaban J connectivity index is 1.46. The highest BCUT2D eigenvalue weighted by Gasteiger charge is 2.43. The van der Waals surface area contributed by atoms with Crippen LogP contribution in [0.1, 0.15) is 32.0 Å². The topological polar surface area (TPSA) is 145 Å². The van der Waals surface area contributed by atoms with E-state index in [0.29, 0.717) is 48.1 Å². The molecule has 2 atom stereocenters. The van der Waals surface area contributed by atoms with Crippen LogP contribution in [-0.4, -0.2) is 64.8 Å². The number of nitrogens with one attached hydrogen (secondary N) is 1. The highest BCUT2D eigenvalue weighted by Crippen LogP contribution is 2.34. The molecule has 1 saturated carbocycles. The Morgan fingerprint density at radius 3 is 2.59 bits per heavy atom. The summed E-state index contributed by atoms with van der Waals surface area (Å²) in [5.41, 5.74) is 7.69. The zero-order chi connectivity index (χ0) is 22.4. The van der Waals surface area contributed by atoms with Gasteiger partial charge in [0.1, 0.15) is 24.0 Å². The number of imidazole rings is 1. The molecule has 11 nitrogen and oxygen atoms in total. The van der Waals surface area contributed by atoms with E-state index in [-0.39, 0.29) is 17.9 Å². The summed E-state index contributed by atoms with van der Waals surface area (Å²) in [6.45, 7) is 4.91. The van der Waals surface area contributed by atoms with E-state index in [1.807, 2.05) is 18.4 Å². The summed E-state index contributed by atoms with van der Waals surface area (Å²) in [5.74, 6) is 1.52. The van der Waals surface area contributed by atoms with Gasteiger partial charge in [-0.05, 0) is 33.1 Å². The third kappa shape index (κ3) is 3.53. The van der Waals surface area contributed by atoms with Crippen LogP contribution in [0.4, 0.5) is 5.82 Å². The second-order valence-electron chi connectivity index (χ2n) is 8.35. The fourth-order valence-electron chi connectivity index (χ4n) is 4.28. The summed E-state index contributed by atoms with van der Waals surface area (Å²) < 4.78 is 1.99. The quantitative estimate of drug-likeness (QED) is 0.581. The Morgan fingerprint density at radius 1 is 1.19 bits per heavy atom. The second-order valence-corrected chi connectivity index (χ2v) is 8.35. The molecule has 11 heteroatoms. The number of primary amides is 1. The van der Waals surface area contributed by atoms with Crippen molar-refractivity contribution in [2.24, 2.45) is 11.7 Å². The first-order chi connectivity index (χ1) is 15.5. The van der Waals surface area contributed by atoms with Gasteiger partial charge in [-0.2, -0.15) is 0 Å². The fourth-order valence-corrected chi connectivity index (χ4v) is 4.28. The second kappa shape index (κ2) is 7.81. The van der Waals surface area contributed by atoms with Crippen molar-refractivity contribution < 1.29 is 9.59 Å². The van der Waals surface area contributed by atoms with Crippen molar-refractivity contribution in [3.63, 3.8) is 0 Å². The molecule has 2 amide bonds. The Kier molecular flexibility index (Phi) is 4.95. The molecule has 0 radical (unpaired) electrons. The van der Waals surface area contributed by atoms with Crippen LogP contribution in [-0.2, 0) is 16.1 Å². The number of aryl methyl sites for hydroxylation is 2. The first-order valence-corrected chi connectivity index (χ1v) is 10.8. The van der Waals surface area contributed by atoms with Gasteiger partial charge >= 0.3 is 0 Å². The summed E-state index contributed by atoms with van der Waals surface area (Å²) >= 11 is 0. The third-order valence-electron chi connectivity index (χ3n) is 6.07. The highest BCUT2D eigenvalue weighted by molar-refractivity contribution is 5.90. The lowest BCUT2D eigenvalue weighted by molar-refractivity contribution is -0.138. The number of rotatable bonds is 6. The van der Waals surface area contributed by atoms with Gasteiger partial charge in [0.25, 0.3) is 0 Å². The molecule has 3 aromatic rings. The van der Waals surface area contributed by atoms with Crippen LogP contribution in [0.5, 0.6) is 0 Å². The van der Waals surface area contributed by atoms with Gasteiger partial charge in [-0.3, -0.25) is 9.59 Å². The van der Waals surface area contributed by atoms with Gasteiger partial charge in [0.2, 0.25) is 11.8 Å². The van der Waals surface area contributed by atoms with Crippen molar-refractivity contribution in [2.75, 3.05) is 11.9 Å². The number of nitrogens with two attached hydrogens (primary N) is 1. The monoisotopic (exact) mass is 435 g/mol. The van der Waals surface area contributed by atoms with Crippen LogP contribution < -0.4 is 11.1 Å². The lowest BCUT2D eigenvalue weighted by Crippen LogP contribution is -2.44. The third-order valence-corrected chi connectivity index (χ3v) is 6.07. The summed E-state index contributed by atoms with van der Waals surface area (Å²) in [4.78, 5) is 48.4. The Labute approximate surface area is 184 Å². The Hall–Kier alpha value is -3.63. The molecule has 2 fully saturated rings. The normalized spacial score (nSPS) is 20.6. The standard InChI is InChI=1S/C21H25N9O2/c1-3-29-19(13-7-23-11(2)24-8-13)28-16-18(25-10-26-20(16)29)27-14-6-15(17(22)31)30(9-14)21(32)12-4-5-12/h7-8,10,12,14-15H,3-6,9H2,1-2H3,(H2,22,31)(H,25,26,27)/t14?,15-/m1/s1. The molecular formula is C21H25N9O2. The van der Waals surface area contributed by atoms with Crippen LogP contribution in [0.3, 0.4) is 0 Å². The predicted molar refractivity (Wildman–Crippen MR) is 116 cm³/mol. The lowest BCUT2D eigenvalue weighted by Gasteiger charge is -2.21. The van der Waals surface area contributed by atoms with Crippen molar-refractivity contribution in [3.8, 4) is 11.4 Å². The van der Waals surface area contributed by atoms with Crippen molar-refractivity contribution in [1.82, 2.24) is 34.4 Å². The first kappa shape index (κ1) is 20.3.